The number of piperazine rings is 1. The summed E-state index contributed by atoms with van der Waals surface area (Å²) >= 11 is 1.46. The Hall–Kier alpha value is -1.80. The van der Waals surface area contributed by atoms with E-state index in [2.05, 4.69) is 4.90 Å². The minimum atomic E-state index is -0.638. The van der Waals surface area contributed by atoms with E-state index in [1.54, 1.807) is 18.2 Å². The van der Waals surface area contributed by atoms with E-state index in [0.717, 1.165) is 18.0 Å². The molecule has 0 spiro atoms. The summed E-state index contributed by atoms with van der Waals surface area (Å²) in [6, 6.07) is 10.2. The van der Waals surface area contributed by atoms with E-state index in [1.165, 1.54) is 17.4 Å². The summed E-state index contributed by atoms with van der Waals surface area (Å²) in [7, 11) is 0. The first-order chi connectivity index (χ1) is 12.6. The van der Waals surface area contributed by atoms with Crippen LogP contribution in [0.15, 0.2) is 41.8 Å². The fourth-order valence-electron chi connectivity index (χ4n) is 2.96. The van der Waals surface area contributed by atoms with Crippen LogP contribution in [0.3, 0.4) is 0 Å². The lowest BCUT2D eigenvalue weighted by Gasteiger charge is -2.35. The van der Waals surface area contributed by atoms with Crippen molar-refractivity contribution in [2.75, 3.05) is 39.3 Å². The van der Waals surface area contributed by atoms with E-state index >= 15 is 0 Å². The average Bonchev–Trinajstić information content (AvgIpc) is 3.18. The molecule has 1 saturated heterocycles. The number of aliphatic hydroxyl groups is 1. The van der Waals surface area contributed by atoms with Crippen molar-refractivity contribution < 1.29 is 19.0 Å². The first-order valence-electron chi connectivity index (χ1n) is 8.68. The van der Waals surface area contributed by atoms with Crippen LogP contribution in [0.2, 0.25) is 0 Å². The minimum Gasteiger partial charge on any atom is -0.389 e. The lowest BCUT2D eigenvalue weighted by Crippen LogP contribution is -2.50. The Labute approximate surface area is 156 Å². The number of β-amino-alcohol motifs (C(OH)–C–C–N with tert-alkyl or cyclic N) is 1. The number of ether oxygens (including phenoxy) is 1. The molecule has 0 radical (unpaired) electrons. The van der Waals surface area contributed by atoms with Gasteiger partial charge in [-0.05, 0) is 17.5 Å². The Morgan fingerprint density at radius 2 is 1.96 bits per heavy atom. The van der Waals surface area contributed by atoms with Crippen LogP contribution in [0.4, 0.5) is 4.39 Å². The SMILES string of the molecule is O=C(c1cccs1)N1CCN(CC(O)COCc2ccccc2F)CC1. The first kappa shape index (κ1) is 19.0. The van der Waals surface area contributed by atoms with Gasteiger partial charge < -0.3 is 14.7 Å². The number of thiophene rings is 1. The molecule has 1 aliphatic heterocycles. The second kappa shape index (κ2) is 9.23. The number of rotatable bonds is 7. The standard InChI is InChI=1S/C19H23FN2O3S/c20-17-5-2-1-4-15(17)13-25-14-16(23)12-21-7-9-22(10-8-21)19(24)18-6-3-11-26-18/h1-6,11,16,23H,7-10,12-14H2. The van der Waals surface area contributed by atoms with E-state index in [4.69, 9.17) is 4.74 Å². The van der Waals surface area contributed by atoms with Crippen LogP contribution in [0.5, 0.6) is 0 Å². The van der Waals surface area contributed by atoms with Gasteiger partial charge in [0, 0.05) is 38.3 Å². The number of halogens is 1. The maximum absolute atomic E-state index is 13.5. The van der Waals surface area contributed by atoms with Gasteiger partial charge >= 0.3 is 0 Å². The lowest BCUT2D eigenvalue weighted by atomic mass is 10.2. The largest absolute Gasteiger partial charge is 0.389 e. The van der Waals surface area contributed by atoms with Gasteiger partial charge in [0.15, 0.2) is 0 Å². The summed E-state index contributed by atoms with van der Waals surface area (Å²) in [5.41, 5.74) is 0.486. The molecule has 2 heterocycles. The molecule has 1 unspecified atom stereocenters. The molecule has 7 heteroatoms. The van der Waals surface area contributed by atoms with Crippen LogP contribution >= 0.6 is 11.3 Å². The molecule has 5 nitrogen and oxygen atoms in total. The van der Waals surface area contributed by atoms with E-state index in [1.807, 2.05) is 22.4 Å². The zero-order valence-electron chi connectivity index (χ0n) is 14.5. The molecule has 1 aromatic carbocycles. The second-order valence-electron chi connectivity index (χ2n) is 6.33. The van der Waals surface area contributed by atoms with Gasteiger partial charge in [0.2, 0.25) is 0 Å². The highest BCUT2D eigenvalue weighted by molar-refractivity contribution is 7.12. The van der Waals surface area contributed by atoms with Crippen molar-refractivity contribution in [3.05, 3.63) is 58.0 Å². The van der Waals surface area contributed by atoms with Crippen molar-refractivity contribution in [1.29, 1.82) is 0 Å². The van der Waals surface area contributed by atoms with Crippen molar-refractivity contribution in [1.82, 2.24) is 9.80 Å². The molecule has 0 aliphatic carbocycles. The minimum absolute atomic E-state index is 0.0772. The van der Waals surface area contributed by atoms with Gasteiger partial charge in [0.1, 0.15) is 5.82 Å². The highest BCUT2D eigenvalue weighted by Gasteiger charge is 2.23. The van der Waals surface area contributed by atoms with Crippen LogP contribution < -0.4 is 0 Å². The van der Waals surface area contributed by atoms with Crippen LogP contribution in [0.25, 0.3) is 0 Å². The zero-order chi connectivity index (χ0) is 18.4. The fourth-order valence-corrected chi connectivity index (χ4v) is 3.65. The predicted octanol–water partition coefficient (Wildman–Crippen LogP) is 2.22. The summed E-state index contributed by atoms with van der Waals surface area (Å²) in [5, 5.41) is 12.0. The quantitative estimate of drug-likeness (QED) is 0.803. The van der Waals surface area contributed by atoms with Gasteiger partial charge in [-0.2, -0.15) is 0 Å². The molecular formula is C19H23FN2O3S. The van der Waals surface area contributed by atoms with E-state index in [-0.39, 0.29) is 24.9 Å². The molecule has 0 bridgehead atoms. The smallest absolute Gasteiger partial charge is 0.264 e. The summed E-state index contributed by atoms with van der Waals surface area (Å²) < 4.78 is 18.9. The van der Waals surface area contributed by atoms with E-state index < -0.39 is 6.10 Å². The van der Waals surface area contributed by atoms with Gasteiger partial charge in [-0.3, -0.25) is 9.69 Å². The Balaban J connectivity index is 1.36. The van der Waals surface area contributed by atoms with Crippen molar-refractivity contribution in [3.8, 4) is 0 Å². The third-order valence-electron chi connectivity index (χ3n) is 4.39. The first-order valence-corrected chi connectivity index (χ1v) is 9.56. The molecule has 1 fully saturated rings. The van der Waals surface area contributed by atoms with Gasteiger partial charge in [0.25, 0.3) is 5.91 Å². The molecule has 2 aromatic rings. The molecular weight excluding hydrogens is 355 g/mol. The summed E-state index contributed by atoms with van der Waals surface area (Å²) in [6.07, 6.45) is -0.638. The molecule has 140 valence electrons. The fraction of sp³-hybridized carbons (Fsp3) is 0.421. The number of nitrogens with zero attached hydrogens (tertiary/aromatic N) is 2. The Bertz CT molecular complexity index is 703. The average molecular weight is 378 g/mol. The highest BCUT2D eigenvalue weighted by atomic mass is 32.1. The molecule has 1 amide bonds. The Morgan fingerprint density at radius 3 is 2.65 bits per heavy atom. The lowest BCUT2D eigenvalue weighted by molar-refractivity contribution is 0.00147. The molecule has 3 rings (SSSR count). The van der Waals surface area contributed by atoms with Crippen LogP contribution in [-0.2, 0) is 11.3 Å². The maximum Gasteiger partial charge on any atom is 0.264 e. The number of amides is 1. The molecule has 0 saturated carbocycles. The van der Waals surface area contributed by atoms with Gasteiger partial charge in [-0.25, -0.2) is 4.39 Å². The topological polar surface area (TPSA) is 53.0 Å². The molecule has 1 N–H and O–H groups in total. The van der Waals surface area contributed by atoms with E-state index in [9.17, 15) is 14.3 Å². The summed E-state index contributed by atoms with van der Waals surface area (Å²) in [5.74, 6) is -0.220. The summed E-state index contributed by atoms with van der Waals surface area (Å²) in [4.78, 5) is 17.0. The number of hydrogen-bond acceptors (Lipinski definition) is 5. The number of carbonyl (C=O) groups is 1. The normalized spacial score (nSPS) is 16.6. The van der Waals surface area contributed by atoms with Crippen molar-refractivity contribution in [2.45, 2.75) is 12.7 Å². The maximum atomic E-state index is 13.5. The molecule has 1 aromatic heterocycles. The molecule has 1 atom stereocenters. The van der Waals surface area contributed by atoms with Crippen molar-refractivity contribution in [2.24, 2.45) is 0 Å². The van der Waals surface area contributed by atoms with Gasteiger partial charge in [-0.1, -0.05) is 24.3 Å². The van der Waals surface area contributed by atoms with Gasteiger partial charge in [0.05, 0.1) is 24.2 Å². The second-order valence-corrected chi connectivity index (χ2v) is 7.28. The van der Waals surface area contributed by atoms with Crippen molar-refractivity contribution >= 4 is 17.2 Å². The molecule has 26 heavy (non-hydrogen) atoms. The Morgan fingerprint density at radius 1 is 1.19 bits per heavy atom. The molecule has 1 aliphatic rings. The third kappa shape index (κ3) is 5.11. The van der Waals surface area contributed by atoms with Gasteiger partial charge in [-0.15, -0.1) is 11.3 Å². The number of benzene rings is 1. The summed E-state index contributed by atoms with van der Waals surface area (Å²) in [6.45, 7) is 3.54. The predicted molar refractivity (Wildman–Crippen MR) is 98.7 cm³/mol. The number of aliphatic hydroxyl groups excluding tert-OH is 1. The third-order valence-corrected chi connectivity index (χ3v) is 5.24. The number of carbonyl (C=O) groups excluding carboxylic acids is 1. The van der Waals surface area contributed by atoms with Crippen molar-refractivity contribution in [3.63, 3.8) is 0 Å². The van der Waals surface area contributed by atoms with Crippen LogP contribution in [-0.4, -0.2) is 66.2 Å². The van der Waals surface area contributed by atoms with Crippen LogP contribution in [0, 0.1) is 5.82 Å². The zero-order valence-corrected chi connectivity index (χ0v) is 15.3. The monoisotopic (exact) mass is 378 g/mol. The highest BCUT2D eigenvalue weighted by Crippen LogP contribution is 2.14. The van der Waals surface area contributed by atoms with Crippen LogP contribution in [0.1, 0.15) is 15.2 Å². The van der Waals surface area contributed by atoms with E-state index in [0.29, 0.717) is 25.2 Å². The number of hydrogen-bond donors (Lipinski definition) is 1. The Kier molecular flexibility index (Phi) is 6.73.